The summed E-state index contributed by atoms with van der Waals surface area (Å²) in [6.07, 6.45) is 3.94. The number of benzene rings is 1. The monoisotopic (exact) mass is 370 g/mol. The van der Waals surface area contributed by atoms with E-state index in [4.69, 9.17) is 27.9 Å². The number of aromatic nitrogens is 2. The molecule has 0 aliphatic carbocycles. The van der Waals surface area contributed by atoms with Gasteiger partial charge in [0, 0.05) is 21.9 Å². The number of H-pyrrole nitrogens is 1. The van der Waals surface area contributed by atoms with E-state index in [0.717, 1.165) is 24.1 Å². The molecule has 0 amide bonds. The van der Waals surface area contributed by atoms with Crippen LogP contribution in [0.4, 0.5) is 0 Å². The van der Waals surface area contributed by atoms with Gasteiger partial charge in [0.05, 0.1) is 6.61 Å². The molecule has 1 unspecified atom stereocenters. The third-order valence-corrected chi connectivity index (χ3v) is 4.34. The number of ether oxygens (including phenoxy) is 1. The molecule has 0 radical (unpaired) electrons. The molecule has 1 aromatic heterocycles. The number of halogens is 2. The number of imidazole rings is 1. The Balaban J connectivity index is 1.98. The first-order valence-electron chi connectivity index (χ1n) is 7.83. The number of esters is 1. The van der Waals surface area contributed by atoms with Crippen LogP contribution in [0.15, 0.2) is 29.2 Å². The van der Waals surface area contributed by atoms with Gasteiger partial charge in [-0.05, 0) is 50.8 Å². The van der Waals surface area contributed by atoms with Crippen molar-refractivity contribution in [2.75, 3.05) is 6.61 Å². The van der Waals surface area contributed by atoms with Crippen LogP contribution >= 0.6 is 23.2 Å². The number of aryl methyl sites for hydroxylation is 2. The highest BCUT2D eigenvalue weighted by Gasteiger charge is 2.18. The predicted octanol–water partition coefficient (Wildman–Crippen LogP) is 3.78. The van der Waals surface area contributed by atoms with Gasteiger partial charge in [0.2, 0.25) is 0 Å². The Morgan fingerprint density at radius 3 is 2.75 bits per heavy atom. The Hall–Kier alpha value is -1.72. The first kappa shape index (κ1) is 18.6. The van der Waals surface area contributed by atoms with Gasteiger partial charge in [-0.15, -0.1) is 0 Å². The lowest BCUT2D eigenvalue weighted by atomic mass is 10.1. The van der Waals surface area contributed by atoms with Gasteiger partial charge in [-0.1, -0.05) is 29.3 Å². The van der Waals surface area contributed by atoms with Crippen LogP contribution in [0.1, 0.15) is 37.6 Å². The molecule has 1 atom stereocenters. The van der Waals surface area contributed by atoms with Crippen LogP contribution in [0.25, 0.3) is 0 Å². The predicted molar refractivity (Wildman–Crippen MR) is 94.9 cm³/mol. The van der Waals surface area contributed by atoms with E-state index in [-0.39, 0.29) is 12.3 Å². The number of nitrogens with one attached hydrogen (secondary N) is 1. The number of hydrogen-bond acceptors (Lipinski definition) is 3. The summed E-state index contributed by atoms with van der Waals surface area (Å²) in [5.41, 5.74) is 1.49. The summed E-state index contributed by atoms with van der Waals surface area (Å²) in [5.74, 6) is -0.418. The lowest BCUT2D eigenvalue weighted by molar-refractivity contribution is -0.146. The number of carbonyl (C=O) groups is 1. The Labute approximate surface area is 150 Å². The number of aromatic amines is 1. The molecule has 0 saturated carbocycles. The largest absolute Gasteiger partial charge is 0.464 e. The molecule has 0 bridgehead atoms. The summed E-state index contributed by atoms with van der Waals surface area (Å²) in [6, 6.07) is 4.79. The average Bonchev–Trinajstić information content (AvgIpc) is 2.90. The van der Waals surface area contributed by atoms with E-state index in [0.29, 0.717) is 16.5 Å². The summed E-state index contributed by atoms with van der Waals surface area (Å²) < 4.78 is 6.31. The van der Waals surface area contributed by atoms with Gasteiger partial charge in [0.15, 0.2) is 0 Å². The Bertz CT molecular complexity index is 767. The normalized spacial score (nSPS) is 12.2. The summed E-state index contributed by atoms with van der Waals surface area (Å²) >= 11 is 12.0. The van der Waals surface area contributed by atoms with Crippen LogP contribution < -0.4 is 5.69 Å². The van der Waals surface area contributed by atoms with E-state index >= 15 is 0 Å². The van der Waals surface area contributed by atoms with Crippen molar-refractivity contribution in [3.63, 3.8) is 0 Å². The van der Waals surface area contributed by atoms with Gasteiger partial charge in [-0.25, -0.2) is 9.59 Å². The molecule has 2 aromatic rings. The molecule has 7 heteroatoms. The van der Waals surface area contributed by atoms with Crippen molar-refractivity contribution in [1.82, 2.24) is 9.55 Å². The average molecular weight is 371 g/mol. The van der Waals surface area contributed by atoms with Crippen LogP contribution in [-0.2, 0) is 22.4 Å². The van der Waals surface area contributed by atoms with Crippen LogP contribution in [-0.4, -0.2) is 22.1 Å². The first-order valence-corrected chi connectivity index (χ1v) is 8.58. The molecule has 130 valence electrons. The maximum atomic E-state index is 12.0. The molecular formula is C17H20Cl2N2O3. The molecule has 0 aliphatic heterocycles. The van der Waals surface area contributed by atoms with Crippen LogP contribution in [0.3, 0.4) is 0 Å². The highest BCUT2D eigenvalue weighted by molar-refractivity contribution is 6.35. The number of carbonyl (C=O) groups excluding carboxylic acids is 1. The summed E-state index contributed by atoms with van der Waals surface area (Å²) in [4.78, 5) is 26.5. The molecule has 0 aliphatic rings. The van der Waals surface area contributed by atoms with Crippen molar-refractivity contribution in [2.24, 2.45) is 0 Å². The lowest BCUT2D eigenvalue weighted by Crippen LogP contribution is -2.27. The summed E-state index contributed by atoms with van der Waals surface area (Å²) in [7, 11) is 0. The zero-order chi connectivity index (χ0) is 17.7. The van der Waals surface area contributed by atoms with Crippen molar-refractivity contribution in [3.05, 3.63) is 56.2 Å². The number of nitrogens with zero attached hydrogens (tertiary/aromatic N) is 1. The van der Waals surface area contributed by atoms with E-state index in [1.807, 2.05) is 12.1 Å². The van der Waals surface area contributed by atoms with E-state index in [1.54, 1.807) is 26.1 Å². The first-order chi connectivity index (χ1) is 11.4. The maximum Gasteiger partial charge on any atom is 0.328 e. The third-order valence-electron chi connectivity index (χ3n) is 3.75. The fraction of sp³-hybridized carbons (Fsp3) is 0.412. The van der Waals surface area contributed by atoms with Crippen molar-refractivity contribution in [1.29, 1.82) is 0 Å². The zero-order valence-electron chi connectivity index (χ0n) is 13.6. The third kappa shape index (κ3) is 4.65. The summed E-state index contributed by atoms with van der Waals surface area (Å²) in [5, 5.41) is 1.25. The van der Waals surface area contributed by atoms with Gasteiger partial charge >= 0.3 is 11.7 Å². The molecule has 1 heterocycles. The van der Waals surface area contributed by atoms with Crippen LogP contribution in [0, 0.1) is 0 Å². The molecule has 1 N–H and O–H groups in total. The van der Waals surface area contributed by atoms with Crippen LogP contribution in [0.2, 0.25) is 10.0 Å². The van der Waals surface area contributed by atoms with Gasteiger partial charge in [-0.2, -0.15) is 0 Å². The number of rotatable bonds is 7. The van der Waals surface area contributed by atoms with E-state index in [1.165, 1.54) is 4.57 Å². The second-order valence-electron chi connectivity index (χ2n) is 5.51. The second-order valence-corrected chi connectivity index (χ2v) is 6.35. The zero-order valence-corrected chi connectivity index (χ0v) is 15.2. The molecule has 1 aromatic carbocycles. The van der Waals surface area contributed by atoms with Crippen molar-refractivity contribution < 1.29 is 9.53 Å². The van der Waals surface area contributed by atoms with Gasteiger partial charge in [0.1, 0.15) is 6.04 Å². The molecule has 0 spiro atoms. The highest BCUT2D eigenvalue weighted by atomic mass is 35.5. The molecule has 5 nitrogen and oxygen atoms in total. The van der Waals surface area contributed by atoms with Gasteiger partial charge < -0.3 is 9.72 Å². The van der Waals surface area contributed by atoms with Crippen LogP contribution in [0.5, 0.6) is 0 Å². The summed E-state index contributed by atoms with van der Waals surface area (Å²) in [6.45, 7) is 3.67. The minimum Gasteiger partial charge on any atom is -0.464 e. The minimum absolute atomic E-state index is 0.289. The fourth-order valence-electron chi connectivity index (χ4n) is 2.45. The van der Waals surface area contributed by atoms with Gasteiger partial charge in [-0.3, -0.25) is 4.57 Å². The standard InChI is InChI=1S/C17H20Cl2N2O3/c1-3-24-16(22)11(2)21-10-14(20-17(21)23)6-4-5-12-7-8-13(18)9-15(12)19/h7-11H,3-6H2,1-2H3,(H,20,23). The van der Waals surface area contributed by atoms with E-state index in [2.05, 4.69) is 4.98 Å². The molecule has 24 heavy (non-hydrogen) atoms. The highest BCUT2D eigenvalue weighted by Crippen LogP contribution is 2.22. The quantitative estimate of drug-likeness (QED) is 0.754. The SMILES string of the molecule is CCOC(=O)C(C)n1cc(CCCc2ccc(Cl)cc2Cl)[nH]c1=O. The Morgan fingerprint density at radius 1 is 1.33 bits per heavy atom. The molecular weight excluding hydrogens is 351 g/mol. The number of hydrogen-bond donors (Lipinski definition) is 1. The van der Waals surface area contributed by atoms with Gasteiger partial charge in [0.25, 0.3) is 0 Å². The van der Waals surface area contributed by atoms with E-state index < -0.39 is 12.0 Å². The molecule has 0 fully saturated rings. The van der Waals surface area contributed by atoms with E-state index in [9.17, 15) is 9.59 Å². The smallest absolute Gasteiger partial charge is 0.328 e. The maximum absolute atomic E-state index is 12.0. The van der Waals surface area contributed by atoms with Crippen molar-refractivity contribution >= 4 is 29.2 Å². The molecule has 0 saturated heterocycles. The van der Waals surface area contributed by atoms with Crippen molar-refractivity contribution in [2.45, 2.75) is 39.2 Å². The molecule has 2 rings (SSSR count). The Morgan fingerprint density at radius 2 is 2.08 bits per heavy atom. The Kier molecular flexibility index (Phi) is 6.52. The minimum atomic E-state index is -0.645. The van der Waals surface area contributed by atoms with Crippen molar-refractivity contribution in [3.8, 4) is 0 Å². The lowest BCUT2D eigenvalue weighted by Gasteiger charge is -2.10. The fourth-order valence-corrected chi connectivity index (χ4v) is 2.95. The topological polar surface area (TPSA) is 64.1 Å². The second kappa shape index (κ2) is 8.40.